The van der Waals surface area contributed by atoms with Gasteiger partial charge in [0.2, 0.25) is 5.91 Å². The van der Waals surface area contributed by atoms with Gasteiger partial charge in [-0.1, -0.05) is 43.2 Å². The van der Waals surface area contributed by atoms with E-state index in [1.807, 2.05) is 38.4 Å². The lowest BCUT2D eigenvalue weighted by Gasteiger charge is -2.51. The van der Waals surface area contributed by atoms with Crippen LogP contribution in [0.4, 0.5) is 0 Å². The number of likely N-dealkylation sites (tertiary alicyclic amines) is 1. The Morgan fingerprint density at radius 3 is 2.46 bits per heavy atom. The molecule has 0 unspecified atom stereocenters. The molecule has 1 aromatic rings. The molecule has 5 nitrogen and oxygen atoms in total. The predicted molar refractivity (Wildman–Crippen MR) is 108 cm³/mol. The summed E-state index contributed by atoms with van der Waals surface area (Å²) >= 11 is 0. The molecule has 3 atom stereocenters. The van der Waals surface area contributed by atoms with Crippen LogP contribution in [-0.4, -0.2) is 60.1 Å². The number of carbonyl (C=O) groups excluding carboxylic acids is 1. The number of nitrogens with zero attached hydrogens (tertiary/aromatic N) is 3. The second-order valence-electron chi connectivity index (χ2n) is 8.11. The third kappa shape index (κ3) is 4.38. The fraction of sp³-hybridized carbons (Fsp3) is 0.565. The van der Waals surface area contributed by atoms with E-state index >= 15 is 0 Å². The Morgan fingerprint density at radius 1 is 1.21 bits per heavy atom. The number of aliphatic hydroxyl groups excluding tert-OH is 1. The molecular weight excluding hydrogens is 350 g/mol. The fourth-order valence-corrected chi connectivity index (χ4v) is 4.32. The number of likely N-dealkylation sites (N-methyl/N-ethyl adjacent to an activating group) is 1. The second kappa shape index (κ2) is 9.24. The first-order chi connectivity index (χ1) is 13.5. The van der Waals surface area contributed by atoms with Crippen molar-refractivity contribution in [1.82, 2.24) is 9.80 Å². The first kappa shape index (κ1) is 20.4. The van der Waals surface area contributed by atoms with Crippen molar-refractivity contribution in [2.45, 2.75) is 50.1 Å². The summed E-state index contributed by atoms with van der Waals surface area (Å²) in [4.78, 5) is 15.7. The van der Waals surface area contributed by atoms with Crippen LogP contribution >= 0.6 is 0 Å². The molecule has 5 heteroatoms. The van der Waals surface area contributed by atoms with E-state index in [0.29, 0.717) is 5.92 Å². The number of carbonyl (C=O) groups is 1. The Labute approximate surface area is 167 Å². The van der Waals surface area contributed by atoms with Gasteiger partial charge in [0.25, 0.3) is 0 Å². The third-order valence-corrected chi connectivity index (χ3v) is 5.79. The summed E-state index contributed by atoms with van der Waals surface area (Å²) < 4.78 is 0. The standard InChI is InChI=1S/C23H29N3O2/c1-25(2)15-22(28)26-20(14-24)23(21(26)16-27)19-12-10-18(11-13-19)9-8-17-6-4-3-5-7-17/h10-13,17,20-21,23,27H,3-7,15-16H2,1-2H3/t20-,21-,23+/m1/s1. The van der Waals surface area contributed by atoms with Gasteiger partial charge in [0.15, 0.2) is 0 Å². The highest BCUT2D eigenvalue weighted by Crippen LogP contribution is 2.40. The normalized spacial score (nSPS) is 24.8. The largest absolute Gasteiger partial charge is 0.394 e. The topological polar surface area (TPSA) is 67.6 Å². The van der Waals surface area contributed by atoms with Crippen molar-refractivity contribution >= 4 is 5.91 Å². The highest BCUT2D eigenvalue weighted by Gasteiger charge is 2.51. The molecule has 1 aromatic carbocycles. The zero-order valence-corrected chi connectivity index (χ0v) is 16.8. The monoisotopic (exact) mass is 379 g/mol. The van der Waals surface area contributed by atoms with E-state index in [1.165, 1.54) is 37.0 Å². The molecule has 3 rings (SSSR count). The van der Waals surface area contributed by atoms with Crippen molar-refractivity contribution in [1.29, 1.82) is 5.26 Å². The van der Waals surface area contributed by atoms with E-state index in [4.69, 9.17) is 0 Å². The third-order valence-electron chi connectivity index (χ3n) is 5.79. The highest BCUT2D eigenvalue weighted by molar-refractivity contribution is 5.81. The molecule has 1 saturated heterocycles. The van der Waals surface area contributed by atoms with E-state index in [9.17, 15) is 15.2 Å². The van der Waals surface area contributed by atoms with Gasteiger partial charge in [-0.2, -0.15) is 5.26 Å². The molecule has 148 valence electrons. The minimum Gasteiger partial charge on any atom is -0.394 e. The molecular formula is C23H29N3O2. The van der Waals surface area contributed by atoms with Crippen LogP contribution < -0.4 is 0 Å². The number of rotatable bonds is 4. The Bertz CT molecular complexity index is 779. The Morgan fingerprint density at radius 2 is 1.89 bits per heavy atom. The summed E-state index contributed by atoms with van der Waals surface area (Å²) in [5.41, 5.74) is 1.95. The van der Waals surface area contributed by atoms with Gasteiger partial charge in [-0.15, -0.1) is 0 Å². The molecule has 1 aliphatic heterocycles. The van der Waals surface area contributed by atoms with Gasteiger partial charge in [0.1, 0.15) is 6.04 Å². The van der Waals surface area contributed by atoms with Crippen LogP contribution in [-0.2, 0) is 4.79 Å². The fourth-order valence-electron chi connectivity index (χ4n) is 4.32. The molecule has 0 radical (unpaired) electrons. The Kier molecular flexibility index (Phi) is 6.73. The van der Waals surface area contributed by atoms with Crippen LogP contribution in [0.5, 0.6) is 0 Å². The average Bonchev–Trinajstić information content (AvgIpc) is 2.67. The molecule has 1 aliphatic carbocycles. The lowest BCUT2D eigenvalue weighted by Crippen LogP contribution is -2.66. The van der Waals surface area contributed by atoms with Crippen molar-refractivity contribution in [2.75, 3.05) is 27.2 Å². The van der Waals surface area contributed by atoms with Crippen LogP contribution in [0.2, 0.25) is 0 Å². The summed E-state index contributed by atoms with van der Waals surface area (Å²) in [7, 11) is 3.63. The van der Waals surface area contributed by atoms with Gasteiger partial charge >= 0.3 is 0 Å². The van der Waals surface area contributed by atoms with Crippen molar-refractivity contribution in [3.05, 3.63) is 35.4 Å². The lowest BCUT2D eigenvalue weighted by atomic mass is 9.75. The Balaban J connectivity index is 1.71. The van der Waals surface area contributed by atoms with Gasteiger partial charge in [-0.25, -0.2) is 0 Å². The first-order valence-corrected chi connectivity index (χ1v) is 10.1. The maximum absolute atomic E-state index is 12.4. The molecule has 0 bridgehead atoms. The van der Waals surface area contributed by atoms with E-state index in [1.54, 1.807) is 4.90 Å². The molecule has 28 heavy (non-hydrogen) atoms. The molecule has 0 aromatic heterocycles. The molecule has 0 spiro atoms. The van der Waals surface area contributed by atoms with E-state index in [-0.39, 0.29) is 31.0 Å². The van der Waals surface area contributed by atoms with Crippen LogP contribution in [0.3, 0.4) is 0 Å². The predicted octanol–water partition coefficient (Wildman–Crippen LogP) is 2.36. The lowest BCUT2D eigenvalue weighted by molar-refractivity contribution is -0.147. The van der Waals surface area contributed by atoms with E-state index in [2.05, 4.69) is 17.9 Å². The summed E-state index contributed by atoms with van der Waals surface area (Å²) in [6, 6.07) is 9.29. The highest BCUT2D eigenvalue weighted by atomic mass is 16.3. The van der Waals surface area contributed by atoms with Gasteiger partial charge in [0, 0.05) is 17.4 Å². The van der Waals surface area contributed by atoms with Crippen LogP contribution in [0.1, 0.15) is 49.1 Å². The molecule has 1 heterocycles. The number of benzene rings is 1. The second-order valence-corrected chi connectivity index (χ2v) is 8.11. The summed E-state index contributed by atoms with van der Waals surface area (Å²) in [6.07, 6.45) is 6.29. The van der Waals surface area contributed by atoms with Crippen molar-refractivity contribution < 1.29 is 9.90 Å². The van der Waals surface area contributed by atoms with E-state index in [0.717, 1.165) is 11.1 Å². The van der Waals surface area contributed by atoms with Crippen LogP contribution in [0, 0.1) is 29.1 Å². The Hall–Kier alpha value is -2.34. The maximum atomic E-state index is 12.4. The summed E-state index contributed by atoms with van der Waals surface area (Å²) in [5, 5.41) is 19.4. The SMILES string of the molecule is CN(C)CC(=O)N1[C@H](C#N)[C@H](c2ccc(C#CC3CCCCC3)cc2)[C@H]1CO. The molecule has 1 saturated carbocycles. The number of nitriles is 1. The van der Waals surface area contributed by atoms with Crippen LogP contribution in [0.15, 0.2) is 24.3 Å². The van der Waals surface area contributed by atoms with Gasteiger partial charge in [-0.3, -0.25) is 4.79 Å². The van der Waals surface area contributed by atoms with E-state index < -0.39 is 6.04 Å². The average molecular weight is 380 g/mol. The van der Waals surface area contributed by atoms with Crippen molar-refractivity contribution in [2.24, 2.45) is 5.92 Å². The molecule has 2 fully saturated rings. The summed E-state index contributed by atoms with van der Waals surface area (Å²) in [5.74, 6) is 6.90. The van der Waals surface area contributed by atoms with Gasteiger partial charge in [-0.05, 0) is 44.6 Å². The maximum Gasteiger partial charge on any atom is 0.238 e. The van der Waals surface area contributed by atoms with Crippen LogP contribution in [0.25, 0.3) is 0 Å². The van der Waals surface area contributed by atoms with Crippen molar-refractivity contribution in [3.63, 3.8) is 0 Å². The first-order valence-electron chi connectivity index (χ1n) is 10.1. The zero-order valence-electron chi connectivity index (χ0n) is 16.8. The number of aliphatic hydroxyl groups is 1. The quantitative estimate of drug-likeness (QED) is 0.816. The van der Waals surface area contributed by atoms with Gasteiger partial charge < -0.3 is 14.9 Å². The number of hydrogen-bond acceptors (Lipinski definition) is 4. The molecule has 1 N–H and O–H groups in total. The van der Waals surface area contributed by atoms with Crippen molar-refractivity contribution in [3.8, 4) is 17.9 Å². The minimum absolute atomic E-state index is 0.123. The van der Waals surface area contributed by atoms with Gasteiger partial charge in [0.05, 0.1) is 25.3 Å². The smallest absolute Gasteiger partial charge is 0.238 e. The molecule has 2 aliphatic rings. The summed E-state index contributed by atoms with van der Waals surface area (Å²) in [6.45, 7) is 0.0857. The number of amides is 1. The zero-order chi connectivity index (χ0) is 20.1. The minimum atomic E-state index is -0.538. The molecule has 1 amide bonds. The number of hydrogen-bond donors (Lipinski definition) is 1.